The molecule has 0 fully saturated rings. The Hall–Kier alpha value is -3.31. The second-order valence-electron chi connectivity index (χ2n) is 7.37. The Balaban J connectivity index is 1.77. The number of aryl methyl sites for hydroxylation is 1. The molecule has 0 spiro atoms. The fourth-order valence-electron chi connectivity index (χ4n) is 3.58. The van der Waals surface area contributed by atoms with Gasteiger partial charge in [-0.05, 0) is 54.3 Å². The van der Waals surface area contributed by atoms with Crippen LogP contribution in [0.3, 0.4) is 0 Å². The van der Waals surface area contributed by atoms with Gasteiger partial charge < -0.3 is 4.74 Å². The predicted octanol–water partition coefficient (Wildman–Crippen LogP) is 5.53. The van der Waals surface area contributed by atoms with Gasteiger partial charge in [-0.15, -0.1) is 11.8 Å². The van der Waals surface area contributed by atoms with Crippen molar-refractivity contribution in [2.45, 2.75) is 19.6 Å². The van der Waals surface area contributed by atoms with Crippen LogP contribution in [0.1, 0.15) is 22.3 Å². The number of amides is 2. The zero-order chi connectivity index (χ0) is 22.0. The molecule has 0 saturated heterocycles. The number of hydrogen-bond donors (Lipinski definition) is 0. The first-order chi connectivity index (χ1) is 15.0. The number of thioether (sulfide) groups is 1. The van der Waals surface area contributed by atoms with Crippen LogP contribution >= 0.6 is 11.8 Å². The lowest BCUT2D eigenvalue weighted by atomic mass is 10.1. The normalized spacial score (nSPS) is 13.8. The minimum Gasteiger partial charge on any atom is -0.497 e. The van der Waals surface area contributed by atoms with E-state index in [0.717, 1.165) is 16.7 Å². The van der Waals surface area contributed by atoms with Gasteiger partial charge in [0.1, 0.15) is 5.75 Å². The fourth-order valence-corrected chi connectivity index (χ4v) is 4.65. The first-order valence-electron chi connectivity index (χ1n) is 10.0. The van der Waals surface area contributed by atoms with E-state index in [2.05, 4.69) is 0 Å². The van der Waals surface area contributed by atoms with Crippen LogP contribution < -0.4 is 9.64 Å². The van der Waals surface area contributed by atoms with Gasteiger partial charge in [0.2, 0.25) is 0 Å². The molecule has 0 N–H and O–H groups in total. The Morgan fingerprint density at radius 3 is 2.23 bits per heavy atom. The fraction of sp³-hybridized carbons (Fsp3) is 0.154. The monoisotopic (exact) mass is 429 g/mol. The molecule has 1 heterocycles. The molecule has 1 aliphatic rings. The summed E-state index contributed by atoms with van der Waals surface area (Å²) in [4.78, 5) is 28.9. The maximum absolute atomic E-state index is 13.6. The van der Waals surface area contributed by atoms with Crippen molar-refractivity contribution in [3.8, 4) is 5.75 Å². The number of carbonyl (C=O) groups excluding carboxylic acids is 2. The summed E-state index contributed by atoms with van der Waals surface area (Å²) in [7, 11) is 1.60. The SMILES string of the molecule is COc1ccc(C2=C(SCc3ccccc3)C(=O)N(c3cccc(C)c3C)C2=O)cc1. The summed E-state index contributed by atoms with van der Waals surface area (Å²) in [5, 5.41) is 0. The third-order valence-corrected chi connectivity index (χ3v) is 6.61. The van der Waals surface area contributed by atoms with Gasteiger partial charge in [0.25, 0.3) is 11.8 Å². The van der Waals surface area contributed by atoms with E-state index in [-0.39, 0.29) is 11.8 Å². The second-order valence-corrected chi connectivity index (χ2v) is 8.36. The maximum atomic E-state index is 13.6. The van der Waals surface area contributed by atoms with Gasteiger partial charge in [0, 0.05) is 5.75 Å². The van der Waals surface area contributed by atoms with Crippen molar-refractivity contribution in [3.63, 3.8) is 0 Å². The van der Waals surface area contributed by atoms with E-state index >= 15 is 0 Å². The van der Waals surface area contributed by atoms with Crippen LogP contribution in [0.25, 0.3) is 5.57 Å². The van der Waals surface area contributed by atoms with Crippen molar-refractivity contribution in [2.24, 2.45) is 0 Å². The van der Waals surface area contributed by atoms with Crippen LogP contribution in [0.4, 0.5) is 5.69 Å². The predicted molar refractivity (Wildman–Crippen MR) is 126 cm³/mol. The molecule has 3 aromatic carbocycles. The summed E-state index contributed by atoms with van der Waals surface area (Å²) < 4.78 is 5.25. The lowest BCUT2D eigenvalue weighted by Gasteiger charge is -2.19. The number of anilines is 1. The molecular weight excluding hydrogens is 406 g/mol. The number of benzene rings is 3. The van der Waals surface area contributed by atoms with Gasteiger partial charge in [-0.3, -0.25) is 9.59 Å². The van der Waals surface area contributed by atoms with Crippen LogP contribution in [0.15, 0.2) is 77.7 Å². The number of ether oxygens (including phenoxy) is 1. The Kier molecular flexibility index (Phi) is 5.96. The van der Waals surface area contributed by atoms with Gasteiger partial charge in [-0.25, -0.2) is 4.90 Å². The largest absolute Gasteiger partial charge is 0.497 e. The van der Waals surface area contributed by atoms with Crippen molar-refractivity contribution in [1.82, 2.24) is 0 Å². The summed E-state index contributed by atoms with van der Waals surface area (Å²) in [6, 6.07) is 22.9. The molecule has 156 valence electrons. The van der Waals surface area contributed by atoms with Crippen LogP contribution in [0, 0.1) is 13.8 Å². The average molecular weight is 430 g/mol. The quantitative estimate of drug-likeness (QED) is 0.484. The summed E-state index contributed by atoms with van der Waals surface area (Å²) in [5.74, 6) is 0.742. The minimum atomic E-state index is -0.292. The molecule has 0 aliphatic carbocycles. The van der Waals surface area contributed by atoms with Crippen molar-refractivity contribution in [2.75, 3.05) is 12.0 Å². The lowest BCUT2D eigenvalue weighted by Crippen LogP contribution is -2.32. The van der Waals surface area contributed by atoms with E-state index in [1.54, 1.807) is 19.2 Å². The number of rotatable bonds is 6. The summed E-state index contributed by atoms with van der Waals surface area (Å²) >= 11 is 1.41. The van der Waals surface area contributed by atoms with Crippen molar-refractivity contribution < 1.29 is 14.3 Å². The summed E-state index contributed by atoms with van der Waals surface area (Å²) in [5.41, 5.74) is 4.84. The number of methoxy groups -OCH3 is 1. The van der Waals surface area contributed by atoms with Crippen molar-refractivity contribution in [1.29, 1.82) is 0 Å². The molecule has 1 aliphatic heterocycles. The van der Waals surface area contributed by atoms with E-state index in [1.807, 2.05) is 74.5 Å². The minimum absolute atomic E-state index is 0.273. The van der Waals surface area contributed by atoms with Gasteiger partial charge in [-0.2, -0.15) is 0 Å². The van der Waals surface area contributed by atoms with Gasteiger partial charge in [0.15, 0.2) is 0 Å². The topological polar surface area (TPSA) is 46.6 Å². The third-order valence-electron chi connectivity index (χ3n) is 5.46. The molecule has 0 unspecified atom stereocenters. The lowest BCUT2D eigenvalue weighted by molar-refractivity contribution is -0.119. The van der Waals surface area contributed by atoms with Crippen molar-refractivity contribution in [3.05, 3.63) is 100.0 Å². The zero-order valence-electron chi connectivity index (χ0n) is 17.7. The molecule has 0 aromatic heterocycles. The van der Waals surface area contributed by atoms with E-state index in [4.69, 9.17) is 4.74 Å². The number of hydrogen-bond acceptors (Lipinski definition) is 4. The highest BCUT2D eigenvalue weighted by molar-refractivity contribution is 8.03. The van der Waals surface area contributed by atoms with Gasteiger partial charge >= 0.3 is 0 Å². The Morgan fingerprint density at radius 2 is 1.55 bits per heavy atom. The maximum Gasteiger partial charge on any atom is 0.272 e. The van der Waals surface area contributed by atoms with Gasteiger partial charge in [0.05, 0.1) is 23.3 Å². The standard InChI is InChI=1S/C26H23NO3S/c1-17-8-7-11-22(18(17)2)27-25(28)23(20-12-14-21(30-3)15-13-20)24(26(27)29)31-16-19-9-5-4-6-10-19/h4-15H,16H2,1-3H3. The molecule has 0 radical (unpaired) electrons. The Morgan fingerprint density at radius 1 is 0.839 bits per heavy atom. The molecule has 0 bridgehead atoms. The zero-order valence-corrected chi connectivity index (χ0v) is 18.5. The molecular formula is C26H23NO3S. The highest BCUT2D eigenvalue weighted by Gasteiger charge is 2.40. The molecule has 4 nitrogen and oxygen atoms in total. The summed E-state index contributed by atoms with van der Waals surface area (Å²) in [6.45, 7) is 3.92. The molecule has 2 amide bonds. The molecule has 3 aromatic rings. The highest BCUT2D eigenvalue weighted by Crippen LogP contribution is 2.41. The molecule has 0 atom stereocenters. The smallest absolute Gasteiger partial charge is 0.272 e. The summed E-state index contributed by atoms with van der Waals surface area (Å²) in [6.07, 6.45) is 0. The number of imide groups is 1. The van der Waals surface area contributed by atoms with Crippen LogP contribution in [0.5, 0.6) is 5.75 Å². The van der Waals surface area contributed by atoms with E-state index < -0.39 is 0 Å². The number of nitrogens with zero attached hydrogens (tertiary/aromatic N) is 1. The first kappa shape index (κ1) is 20.9. The highest BCUT2D eigenvalue weighted by atomic mass is 32.2. The molecule has 0 saturated carbocycles. The van der Waals surface area contributed by atoms with E-state index in [9.17, 15) is 9.59 Å². The Bertz CT molecular complexity index is 1170. The van der Waals surface area contributed by atoms with Crippen molar-refractivity contribution >= 4 is 34.8 Å². The average Bonchev–Trinajstić information content (AvgIpc) is 3.04. The Labute approximate surface area is 186 Å². The van der Waals surface area contributed by atoms with E-state index in [0.29, 0.717) is 33.2 Å². The van der Waals surface area contributed by atoms with Gasteiger partial charge in [-0.1, -0.05) is 54.6 Å². The number of carbonyl (C=O) groups is 2. The van der Waals surface area contributed by atoms with Crippen LogP contribution in [-0.2, 0) is 15.3 Å². The van der Waals surface area contributed by atoms with Crippen LogP contribution in [0.2, 0.25) is 0 Å². The third kappa shape index (κ3) is 4.01. The molecule has 31 heavy (non-hydrogen) atoms. The van der Waals surface area contributed by atoms with Crippen LogP contribution in [-0.4, -0.2) is 18.9 Å². The first-order valence-corrected chi connectivity index (χ1v) is 11.0. The molecule has 4 rings (SSSR count). The molecule has 5 heteroatoms. The second kappa shape index (κ2) is 8.82. The van der Waals surface area contributed by atoms with E-state index in [1.165, 1.54) is 16.7 Å².